The molecule has 0 saturated carbocycles. The molecule has 0 atom stereocenters. The van der Waals surface area contributed by atoms with Crippen molar-refractivity contribution in [3.05, 3.63) is 59.1 Å². The van der Waals surface area contributed by atoms with Gasteiger partial charge in [0.05, 0.1) is 10.6 Å². The molecule has 4 nitrogen and oxygen atoms in total. The maximum absolute atomic E-state index is 12.9. The lowest BCUT2D eigenvalue weighted by atomic mass is 10.1. The molecule has 1 heterocycles. The Morgan fingerprint density at radius 1 is 1.08 bits per heavy atom. The van der Waals surface area contributed by atoms with Crippen LogP contribution in [-0.2, 0) is 11.0 Å². The monoisotopic (exact) mass is 367 g/mol. The molecule has 0 N–H and O–H groups in total. The van der Waals surface area contributed by atoms with Crippen molar-refractivity contribution in [2.75, 3.05) is 0 Å². The van der Waals surface area contributed by atoms with Crippen molar-refractivity contribution in [1.82, 2.24) is 5.16 Å². The lowest BCUT2D eigenvalue weighted by Crippen LogP contribution is -2.04. The summed E-state index contributed by atoms with van der Waals surface area (Å²) in [6, 6.07) is 10.8. The van der Waals surface area contributed by atoms with Crippen molar-refractivity contribution < 1.29 is 27.2 Å². The van der Waals surface area contributed by atoms with E-state index in [9.17, 15) is 18.0 Å². The molecule has 0 unspecified atom stereocenters. The quantitative estimate of drug-likeness (QED) is 0.593. The summed E-state index contributed by atoms with van der Waals surface area (Å²) in [4.78, 5) is 10.3. The summed E-state index contributed by atoms with van der Waals surface area (Å²) in [6.07, 6.45) is -4.49. The standard InChI is InChI=1S/C17H9ClF3NO3/c18-14-6-3-11(17(19,20)21)7-13(14)15-8-16(25-22-15)10-1-4-12(5-2-10)24-9-23/h1-9H. The third kappa shape index (κ3) is 3.66. The Hall–Kier alpha value is -2.80. The summed E-state index contributed by atoms with van der Waals surface area (Å²) >= 11 is 5.99. The molecule has 25 heavy (non-hydrogen) atoms. The summed E-state index contributed by atoms with van der Waals surface area (Å²) in [7, 11) is 0. The van der Waals surface area contributed by atoms with Gasteiger partial charge in [-0.2, -0.15) is 13.2 Å². The second-order valence-corrected chi connectivity index (χ2v) is 5.41. The zero-order valence-electron chi connectivity index (χ0n) is 12.4. The topological polar surface area (TPSA) is 52.3 Å². The molecule has 2 aromatic carbocycles. The second kappa shape index (κ2) is 6.60. The predicted molar refractivity (Wildman–Crippen MR) is 84.1 cm³/mol. The number of carbonyl (C=O) groups is 1. The van der Waals surface area contributed by atoms with E-state index in [2.05, 4.69) is 9.89 Å². The van der Waals surface area contributed by atoms with Crippen molar-refractivity contribution in [1.29, 1.82) is 0 Å². The van der Waals surface area contributed by atoms with Crippen molar-refractivity contribution in [2.45, 2.75) is 6.18 Å². The Morgan fingerprint density at radius 2 is 1.80 bits per heavy atom. The van der Waals surface area contributed by atoms with Crippen LogP contribution in [-0.4, -0.2) is 11.6 Å². The van der Waals surface area contributed by atoms with Gasteiger partial charge in [-0.1, -0.05) is 16.8 Å². The highest BCUT2D eigenvalue weighted by molar-refractivity contribution is 6.33. The Morgan fingerprint density at radius 3 is 2.44 bits per heavy atom. The van der Waals surface area contributed by atoms with Crippen LogP contribution >= 0.6 is 11.6 Å². The zero-order chi connectivity index (χ0) is 18.0. The minimum absolute atomic E-state index is 0.118. The Bertz CT molecular complexity index is 904. The lowest BCUT2D eigenvalue weighted by molar-refractivity contribution is -0.137. The summed E-state index contributed by atoms with van der Waals surface area (Å²) < 4.78 is 48.5. The first-order valence-electron chi connectivity index (χ1n) is 6.93. The normalized spacial score (nSPS) is 11.4. The number of benzene rings is 2. The molecule has 0 aliphatic heterocycles. The highest BCUT2D eigenvalue weighted by Crippen LogP contribution is 2.36. The fraction of sp³-hybridized carbons (Fsp3) is 0.0588. The number of ether oxygens (including phenoxy) is 1. The van der Waals surface area contributed by atoms with Crippen molar-refractivity contribution in [3.63, 3.8) is 0 Å². The van der Waals surface area contributed by atoms with E-state index >= 15 is 0 Å². The lowest BCUT2D eigenvalue weighted by Gasteiger charge is -2.08. The van der Waals surface area contributed by atoms with E-state index in [-0.39, 0.29) is 16.3 Å². The number of nitrogens with zero attached hydrogens (tertiary/aromatic N) is 1. The fourth-order valence-corrected chi connectivity index (χ4v) is 2.40. The smallest absolute Gasteiger partial charge is 0.416 e. The molecule has 8 heteroatoms. The fourth-order valence-electron chi connectivity index (χ4n) is 2.19. The minimum Gasteiger partial charge on any atom is -0.429 e. The van der Waals surface area contributed by atoms with Crippen LogP contribution in [0.25, 0.3) is 22.6 Å². The van der Waals surface area contributed by atoms with E-state index in [0.29, 0.717) is 23.5 Å². The van der Waals surface area contributed by atoms with Crippen LogP contribution in [0.3, 0.4) is 0 Å². The molecule has 0 radical (unpaired) electrons. The summed E-state index contributed by atoms with van der Waals surface area (Å²) in [5.74, 6) is 0.681. The average Bonchev–Trinajstić information content (AvgIpc) is 3.05. The average molecular weight is 368 g/mol. The number of hydrogen-bond acceptors (Lipinski definition) is 4. The van der Waals surface area contributed by atoms with Crippen molar-refractivity contribution in [2.24, 2.45) is 0 Å². The summed E-state index contributed by atoms with van der Waals surface area (Å²) in [5, 5.41) is 3.92. The zero-order valence-corrected chi connectivity index (χ0v) is 13.1. The summed E-state index contributed by atoms with van der Waals surface area (Å²) in [6.45, 7) is 0.303. The van der Waals surface area contributed by atoms with Gasteiger partial charge in [-0.15, -0.1) is 0 Å². The molecular weight excluding hydrogens is 359 g/mol. The van der Waals surface area contributed by atoms with Crippen LogP contribution in [0.2, 0.25) is 5.02 Å². The van der Waals surface area contributed by atoms with Gasteiger partial charge >= 0.3 is 6.18 Å². The SMILES string of the molecule is O=COc1ccc(-c2cc(-c3cc(C(F)(F)F)ccc3Cl)no2)cc1. The van der Waals surface area contributed by atoms with Gasteiger partial charge in [-0.3, -0.25) is 4.79 Å². The highest BCUT2D eigenvalue weighted by Gasteiger charge is 2.31. The van der Waals surface area contributed by atoms with Gasteiger partial charge in [-0.25, -0.2) is 0 Å². The van der Waals surface area contributed by atoms with Gasteiger partial charge in [-0.05, 0) is 42.5 Å². The molecule has 3 aromatic rings. The molecule has 0 bridgehead atoms. The predicted octanol–water partition coefficient (Wildman–Crippen LogP) is 5.22. The number of carbonyl (C=O) groups excluding carboxylic acids is 1. The highest BCUT2D eigenvalue weighted by atomic mass is 35.5. The van der Waals surface area contributed by atoms with Gasteiger partial charge in [0.1, 0.15) is 11.4 Å². The van der Waals surface area contributed by atoms with Crippen LogP contribution < -0.4 is 4.74 Å². The first kappa shape index (κ1) is 17.0. The first-order valence-corrected chi connectivity index (χ1v) is 7.31. The van der Waals surface area contributed by atoms with Crippen molar-refractivity contribution >= 4 is 18.1 Å². The molecule has 0 aliphatic rings. The number of aromatic nitrogens is 1. The summed E-state index contributed by atoms with van der Waals surface area (Å²) in [5.41, 5.74) is 0.0821. The van der Waals surface area contributed by atoms with E-state index in [4.69, 9.17) is 16.1 Å². The third-order valence-corrected chi connectivity index (χ3v) is 3.73. The van der Waals surface area contributed by atoms with Gasteiger partial charge < -0.3 is 9.26 Å². The Balaban J connectivity index is 1.95. The first-order chi connectivity index (χ1) is 11.9. The van der Waals surface area contributed by atoms with Crippen molar-refractivity contribution in [3.8, 4) is 28.3 Å². The maximum atomic E-state index is 12.9. The molecule has 3 rings (SSSR count). The number of hydrogen-bond donors (Lipinski definition) is 0. The van der Waals surface area contributed by atoms with Gasteiger partial charge in [0, 0.05) is 17.2 Å². The van der Waals surface area contributed by atoms with Crippen LogP contribution in [0.15, 0.2) is 53.1 Å². The molecule has 0 saturated heterocycles. The molecular formula is C17H9ClF3NO3. The Kier molecular flexibility index (Phi) is 4.50. The second-order valence-electron chi connectivity index (χ2n) is 5.01. The van der Waals surface area contributed by atoms with Gasteiger partial charge in [0.25, 0.3) is 6.47 Å². The molecule has 0 amide bonds. The van der Waals surface area contributed by atoms with Crippen LogP contribution in [0, 0.1) is 0 Å². The molecule has 0 fully saturated rings. The maximum Gasteiger partial charge on any atom is 0.416 e. The van der Waals surface area contributed by atoms with E-state index in [1.165, 1.54) is 12.1 Å². The van der Waals surface area contributed by atoms with Crippen LogP contribution in [0.5, 0.6) is 5.75 Å². The van der Waals surface area contributed by atoms with Gasteiger partial charge in [0.15, 0.2) is 5.76 Å². The van der Waals surface area contributed by atoms with E-state index in [1.807, 2.05) is 0 Å². The van der Waals surface area contributed by atoms with E-state index < -0.39 is 11.7 Å². The number of halogens is 4. The van der Waals surface area contributed by atoms with Crippen LogP contribution in [0.4, 0.5) is 13.2 Å². The molecule has 128 valence electrons. The Labute approximate surface area is 144 Å². The largest absolute Gasteiger partial charge is 0.429 e. The molecule has 0 aliphatic carbocycles. The van der Waals surface area contributed by atoms with E-state index in [1.54, 1.807) is 24.3 Å². The molecule has 1 aromatic heterocycles. The molecule has 0 spiro atoms. The van der Waals surface area contributed by atoms with Crippen LogP contribution in [0.1, 0.15) is 5.56 Å². The van der Waals surface area contributed by atoms with E-state index in [0.717, 1.165) is 12.1 Å². The number of alkyl halides is 3. The third-order valence-electron chi connectivity index (χ3n) is 3.40. The number of rotatable bonds is 4. The minimum atomic E-state index is -4.49. The van der Waals surface area contributed by atoms with Gasteiger partial charge in [0.2, 0.25) is 0 Å².